The van der Waals surface area contributed by atoms with Crippen molar-refractivity contribution < 1.29 is 14.2 Å². The maximum atomic E-state index is 5.69. The molecule has 0 radical (unpaired) electrons. The largest absolute Gasteiger partial charge is 0.496 e. The zero-order chi connectivity index (χ0) is 14.4. The van der Waals surface area contributed by atoms with Crippen LogP contribution in [0, 0.1) is 0 Å². The van der Waals surface area contributed by atoms with Crippen molar-refractivity contribution in [1.82, 2.24) is 9.78 Å². The number of rotatable bonds is 7. The average Bonchev–Trinajstić information content (AvgIpc) is 2.88. The number of aryl methyl sites for hydroxylation is 1. The molecular formula is C14H19N3O3. The van der Waals surface area contributed by atoms with Crippen LogP contribution in [0.3, 0.4) is 0 Å². The highest BCUT2D eigenvalue weighted by molar-refractivity contribution is 5.41. The van der Waals surface area contributed by atoms with E-state index in [0.29, 0.717) is 23.9 Å². The van der Waals surface area contributed by atoms with Gasteiger partial charge in [0.2, 0.25) is 0 Å². The van der Waals surface area contributed by atoms with Gasteiger partial charge in [0, 0.05) is 37.4 Å². The van der Waals surface area contributed by atoms with E-state index in [0.717, 1.165) is 18.7 Å². The minimum atomic E-state index is 0.531. The first kappa shape index (κ1) is 14.0. The summed E-state index contributed by atoms with van der Waals surface area (Å²) in [5, 5.41) is 4.11. The van der Waals surface area contributed by atoms with Gasteiger partial charge in [0.15, 0.2) is 0 Å². The lowest BCUT2D eigenvalue weighted by molar-refractivity contribution is 0.294. The van der Waals surface area contributed by atoms with Crippen LogP contribution in [-0.4, -0.2) is 30.6 Å². The molecule has 1 heterocycles. The highest BCUT2D eigenvalue weighted by atomic mass is 16.5. The first-order valence-electron chi connectivity index (χ1n) is 6.36. The third kappa shape index (κ3) is 3.81. The molecule has 6 heteroatoms. The molecule has 0 unspecified atom stereocenters. The van der Waals surface area contributed by atoms with Gasteiger partial charge in [-0.3, -0.25) is 4.68 Å². The fourth-order valence-corrected chi connectivity index (χ4v) is 1.78. The number of ether oxygens (including phenoxy) is 3. The smallest absolute Gasteiger partial charge is 0.145 e. The Balaban J connectivity index is 1.84. The van der Waals surface area contributed by atoms with Crippen LogP contribution in [0.2, 0.25) is 0 Å². The predicted molar refractivity (Wildman–Crippen MR) is 76.3 cm³/mol. The summed E-state index contributed by atoms with van der Waals surface area (Å²) in [4.78, 5) is 0. The number of nitrogen functional groups attached to an aromatic ring is 1. The normalized spacial score (nSPS) is 10.3. The lowest BCUT2D eigenvalue weighted by Crippen LogP contribution is -2.05. The van der Waals surface area contributed by atoms with Gasteiger partial charge in [0.1, 0.15) is 23.1 Å². The Morgan fingerprint density at radius 1 is 1.10 bits per heavy atom. The van der Waals surface area contributed by atoms with E-state index in [4.69, 9.17) is 19.9 Å². The van der Waals surface area contributed by atoms with Gasteiger partial charge in [-0.1, -0.05) is 0 Å². The summed E-state index contributed by atoms with van der Waals surface area (Å²) >= 11 is 0. The van der Waals surface area contributed by atoms with Crippen molar-refractivity contribution >= 4 is 5.82 Å². The summed E-state index contributed by atoms with van der Waals surface area (Å²) in [5.74, 6) is 2.67. The zero-order valence-electron chi connectivity index (χ0n) is 11.7. The van der Waals surface area contributed by atoms with E-state index in [1.807, 2.05) is 18.3 Å². The van der Waals surface area contributed by atoms with Gasteiger partial charge in [-0.2, -0.15) is 5.10 Å². The average molecular weight is 277 g/mol. The van der Waals surface area contributed by atoms with Gasteiger partial charge >= 0.3 is 0 Å². The lowest BCUT2D eigenvalue weighted by atomic mass is 10.3. The highest BCUT2D eigenvalue weighted by Crippen LogP contribution is 2.27. The van der Waals surface area contributed by atoms with Crippen LogP contribution in [0.5, 0.6) is 17.2 Å². The summed E-state index contributed by atoms with van der Waals surface area (Å²) in [5.41, 5.74) is 5.55. The number of nitrogens with zero attached hydrogens (tertiary/aromatic N) is 2. The number of hydrogen-bond donors (Lipinski definition) is 1. The number of aromatic nitrogens is 2. The predicted octanol–water partition coefficient (Wildman–Crippen LogP) is 1.95. The maximum absolute atomic E-state index is 5.69. The number of benzene rings is 1. The Morgan fingerprint density at radius 3 is 2.30 bits per heavy atom. The van der Waals surface area contributed by atoms with Crippen LogP contribution in [-0.2, 0) is 6.54 Å². The monoisotopic (exact) mass is 277 g/mol. The molecule has 6 nitrogen and oxygen atoms in total. The molecule has 1 aromatic carbocycles. The molecule has 2 N–H and O–H groups in total. The number of nitrogens with two attached hydrogens (primary N) is 1. The first-order chi connectivity index (χ1) is 9.71. The molecule has 2 aromatic rings. The molecule has 0 saturated heterocycles. The van der Waals surface area contributed by atoms with Crippen LogP contribution < -0.4 is 19.9 Å². The van der Waals surface area contributed by atoms with Crippen molar-refractivity contribution in [3.05, 3.63) is 30.5 Å². The molecule has 0 saturated carbocycles. The molecule has 0 aliphatic carbocycles. The van der Waals surface area contributed by atoms with Crippen LogP contribution in [0.4, 0.5) is 5.82 Å². The van der Waals surface area contributed by atoms with Crippen molar-refractivity contribution in [3.8, 4) is 17.2 Å². The molecule has 0 atom stereocenters. The molecule has 0 aliphatic rings. The molecule has 2 rings (SSSR count). The molecule has 108 valence electrons. The summed E-state index contributed by atoms with van der Waals surface area (Å²) in [6, 6.07) is 7.23. The van der Waals surface area contributed by atoms with Crippen LogP contribution in [0.1, 0.15) is 6.42 Å². The van der Waals surface area contributed by atoms with E-state index < -0.39 is 0 Å². The molecule has 0 fully saturated rings. The fraction of sp³-hybridized carbons (Fsp3) is 0.357. The molecule has 0 spiro atoms. The van der Waals surface area contributed by atoms with Crippen LogP contribution in [0.25, 0.3) is 0 Å². The van der Waals surface area contributed by atoms with Crippen LogP contribution in [0.15, 0.2) is 30.5 Å². The van der Waals surface area contributed by atoms with Gasteiger partial charge in [0.25, 0.3) is 0 Å². The standard InChI is InChI=1S/C14H19N3O3/c1-18-11-8-12(19-2)10-13(9-11)20-7-3-5-17-6-4-14(15)16-17/h4,6,8-10H,3,5,7H2,1-2H3,(H2,15,16). The highest BCUT2D eigenvalue weighted by Gasteiger charge is 2.03. The number of methoxy groups -OCH3 is 2. The maximum Gasteiger partial charge on any atom is 0.145 e. The third-order valence-corrected chi connectivity index (χ3v) is 2.79. The van der Waals surface area contributed by atoms with Gasteiger partial charge in [-0.15, -0.1) is 0 Å². The Morgan fingerprint density at radius 2 is 1.75 bits per heavy atom. The quantitative estimate of drug-likeness (QED) is 0.783. The first-order valence-corrected chi connectivity index (χ1v) is 6.36. The minimum absolute atomic E-state index is 0.531. The second-order valence-electron chi connectivity index (χ2n) is 4.25. The summed E-state index contributed by atoms with van der Waals surface area (Å²) < 4.78 is 17.9. The Labute approximate surface area is 118 Å². The van der Waals surface area contributed by atoms with E-state index in [9.17, 15) is 0 Å². The molecule has 0 aliphatic heterocycles. The topological polar surface area (TPSA) is 71.5 Å². The SMILES string of the molecule is COc1cc(OC)cc(OCCCn2ccc(N)n2)c1. The summed E-state index contributed by atoms with van der Waals surface area (Å²) in [7, 11) is 3.22. The number of hydrogen-bond acceptors (Lipinski definition) is 5. The van der Waals surface area contributed by atoms with Crippen molar-refractivity contribution in [2.75, 3.05) is 26.6 Å². The van der Waals surface area contributed by atoms with Crippen molar-refractivity contribution in [2.45, 2.75) is 13.0 Å². The van der Waals surface area contributed by atoms with Crippen molar-refractivity contribution in [3.63, 3.8) is 0 Å². The zero-order valence-corrected chi connectivity index (χ0v) is 11.7. The minimum Gasteiger partial charge on any atom is -0.496 e. The second kappa shape index (κ2) is 6.70. The number of anilines is 1. The second-order valence-corrected chi connectivity index (χ2v) is 4.25. The molecule has 20 heavy (non-hydrogen) atoms. The van der Waals surface area contributed by atoms with Crippen molar-refractivity contribution in [2.24, 2.45) is 0 Å². The fourth-order valence-electron chi connectivity index (χ4n) is 1.78. The molecule has 0 bridgehead atoms. The molecule has 0 amide bonds. The Kier molecular flexibility index (Phi) is 4.70. The lowest BCUT2D eigenvalue weighted by Gasteiger charge is -2.10. The van der Waals surface area contributed by atoms with E-state index >= 15 is 0 Å². The van der Waals surface area contributed by atoms with E-state index in [1.54, 1.807) is 31.0 Å². The van der Waals surface area contributed by atoms with E-state index in [1.165, 1.54) is 0 Å². The van der Waals surface area contributed by atoms with Crippen LogP contribution >= 0.6 is 0 Å². The van der Waals surface area contributed by atoms with Gasteiger partial charge in [-0.05, 0) is 6.07 Å². The van der Waals surface area contributed by atoms with Gasteiger partial charge < -0.3 is 19.9 Å². The molecular weight excluding hydrogens is 258 g/mol. The molecule has 1 aromatic heterocycles. The Bertz CT molecular complexity index is 532. The van der Waals surface area contributed by atoms with Crippen molar-refractivity contribution in [1.29, 1.82) is 0 Å². The van der Waals surface area contributed by atoms with Gasteiger partial charge in [0.05, 0.1) is 20.8 Å². The summed E-state index contributed by atoms with van der Waals surface area (Å²) in [6.45, 7) is 1.34. The van der Waals surface area contributed by atoms with E-state index in [2.05, 4.69) is 5.10 Å². The van der Waals surface area contributed by atoms with E-state index in [-0.39, 0.29) is 0 Å². The van der Waals surface area contributed by atoms with Gasteiger partial charge in [-0.25, -0.2) is 0 Å². The Hall–Kier alpha value is -2.37. The summed E-state index contributed by atoms with van der Waals surface area (Å²) in [6.07, 6.45) is 2.69. The third-order valence-electron chi connectivity index (χ3n) is 2.79.